The third-order valence-electron chi connectivity index (χ3n) is 3.78. The molecular formula is C17H15N3O5. The van der Waals surface area contributed by atoms with E-state index in [0.717, 1.165) is 22.6 Å². The fraction of sp³-hybridized carbons (Fsp3) is 0.176. The van der Waals surface area contributed by atoms with Crippen LogP contribution in [-0.4, -0.2) is 15.4 Å². The van der Waals surface area contributed by atoms with E-state index < -0.39 is 16.6 Å². The molecule has 2 aromatic carbocycles. The Kier molecular flexibility index (Phi) is 4.34. The molecule has 1 aromatic heterocycles. The Hall–Kier alpha value is -3.42. The number of amides is 1. The number of rotatable bonds is 5. The number of hydrogen-bond acceptors (Lipinski definition) is 5. The van der Waals surface area contributed by atoms with Gasteiger partial charge in [-0.2, -0.15) is 0 Å². The molecule has 0 atom stereocenters. The molecule has 0 fully saturated rings. The summed E-state index contributed by atoms with van der Waals surface area (Å²) in [7, 11) is 0. The minimum Gasteiger partial charge on any atom is -0.407 e. The molecule has 8 nitrogen and oxygen atoms in total. The van der Waals surface area contributed by atoms with Gasteiger partial charge in [0.05, 0.1) is 16.5 Å². The highest BCUT2D eigenvalue weighted by molar-refractivity contribution is 5.91. The van der Waals surface area contributed by atoms with Crippen LogP contribution in [0.5, 0.6) is 0 Å². The number of aryl methyl sites for hydroxylation is 1. The summed E-state index contributed by atoms with van der Waals surface area (Å²) in [5, 5.41) is 13.5. The van der Waals surface area contributed by atoms with Crippen LogP contribution in [0.1, 0.15) is 12.5 Å². The summed E-state index contributed by atoms with van der Waals surface area (Å²) in [6.07, 6.45) is 0.842. The van der Waals surface area contributed by atoms with E-state index >= 15 is 0 Å². The van der Waals surface area contributed by atoms with Crippen LogP contribution in [0.4, 0.5) is 11.4 Å². The van der Waals surface area contributed by atoms with Gasteiger partial charge in [0.2, 0.25) is 5.91 Å². The van der Waals surface area contributed by atoms with E-state index in [0.29, 0.717) is 11.2 Å². The minimum absolute atomic E-state index is 0.0694. The van der Waals surface area contributed by atoms with Gasteiger partial charge in [0, 0.05) is 11.8 Å². The van der Waals surface area contributed by atoms with Crippen LogP contribution in [0.15, 0.2) is 51.7 Å². The molecule has 0 unspecified atom stereocenters. The van der Waals surface area contributed by atoms with Crippen LogP contribution < -0.4 is 11.1 Å². The van der Waals surface area contributed by atoms with Gasteiger partial charge in [0.1, 0.15) is 6.54 Å². The van der Waals surface area contributed by atoms with Gasteiger partial charge in [-0.05, 0) is 30.2 Å². The zero-order valence-corrected chi connectivity index (χ0v) is 13.4. The van der Waals surface area contributed by atoms with E-state index in [2.05, 4.69) is 5.32 Å². The van der Waals surface area contributed by atoms with Gasteiger partial charge in [-0.3, -0.25) is 19.5 Å². The highest BCUT2D eigenvalue weighted by Gasteiger charge is 2.16. The largest absolute Gasteiger partial charge is 0.420 e. The number of non-ortho nitro benzene ring substituents is 1. The Morgan fingerprint density at radius 2 is 2.08 bits per heavy atom. The zero-order valence-electron chi connectivity index (χ0n) is 13.4. The molecule has 0 radical (unpaired) electrons. The maximum atomic E-state index is 12.2. The number of benzene rings is 2. The van der Waals surface area contributed by atoms with Gasteiger partial charge < -0.3 is 9.73 Å². The highest BCUT2D eigenvalue weighted by Crippen LogP contribution is 2.20. The molecule has 0 saturated carbocycles. The van der Waals surface area contributed by atoms with Crippen molar-refractivity contribution in [3.8, 4) is 0 Å². The van der Waals surface area contributed by atoms with Gasteiger partial charge >= 0.3 is 5.76 Å². The molecule has 0 bridgehead atoms. The van der Waals surface area contributed by atoms with Crippen molar-refractivity contribution < 1.29 is 14.1 Å². The third-order valence-corrected chi connectivity index (χ3v) is 3.78. The van der Waals surface area contributed by atoms with Crippen LogP contribution in [0.25, 0.3) is 11.1 Å². The first-order valence-electron chi connectivity index (χ1n) is 7.64. The molecule has 0 aliphatic heterocycles. The fourth-order valence-electron chi connectivity index (χ4n) is 2.53. The van der Waals surface area contributed by atoms with Gasteiger partial charge in [0.25, 0.3) is 5.69 Å². The standard InChI is InChI=1S/C17H15N3O5/c1-2-11-4-3-5-12(8-11)18-16(21)10-19-14-7-6-13(20(23)24)9-15(14)25-17(19)22/h3-9H,2,10H2,1H3,(H,18,21). The van der Waals surface area contributed by atoms with Crippen molar-refractivity contribution in [2.45, 2.75) is 19.9 Å². The van der Waals surface area contributed by atoms with Crippen molar-refractivity contribution in [3.05, 3.63) is 68.7 Å². The van der Waals surface area contributed by atoms with Crippen molar-refractivity contribution in [1.82, 2.24) is 4.57 Å². The first kappa shape index (κ1) is 16.4. The van der Waals surface area contributed by atoms with E-state index in [1.54, 1.807) is 6.07 Å². The van der Waals surface area contributed by atoms with E-state index in [-0.39, 0.29) is 17.8 Å². The smallest absolute Gasteiger partial charge is 0.407 e. The summed E-state index contributed by atoms with van der Waals surface area (Å²) in [4.78, 5) is 34.4. The lowest BCUT2D eigenvalue weighted by Gasteiger charge is -2.07. The first-order valence-corrected chi connectivity index (χ1v) is 7.64. The number of nitrogens with zero attached hydrogens (tertiary/aromatic N) is 2. The molecule has 3 aromatic rings. The summed E-state index contributed by atoms with van der Waals surface area (Å²) < 4.78 is 6.14. The number of carbonyl (C=O) groups excluding carboxylic acids is 1. The molecule has 1 amide bonds. The van der Waals surface area contributed by atoms with Gasteiger partial charge in [-0.25, -0.2) is 4.79 Å². The Balaban J connectivity index is 1.84. The lowest BCUT2D eigenvalue weighted by atomic mass is 10.1. The molecule has 0 aliphatic carbocycles. The van der Waals surface area contributed by atoms with Crippen molar-refractivity contribution in [2.75, 3.05) is 5.32 Å². The molecule has 25 heavy (non-hydrogen) atoms. The SMILES string of the molecule is CCc1cccc(NC(=O)Cn2c(=O)oc3cc([N+](=O)[O-])ccc32)c1. The molecule has 0 aliphatic rings. The Morgan fingerprint density at radius 1 is 1.28 bits per heavy atom. The van der Waals surface area contributed by atoms with Crippen LogP contribution in [0, 0.1) is 10.1 Å². The summed E-state index contributed by atoms with van der Waals surface area (Å²) in [5.41, 5.74) is 1.93. The molecule has 1 N–H and O–H groups in total. The Bertz CT molecular complexity index is 1020. The van der Waals surface area contributed by atoms with Crippen LogP contribution >= 0.6 is 0 Å². The molecule has 3 rings (SSSR count). The number of oxazole rings is 1. The first-order chi connectivity index (χ1) is 12.0. The number of hydrogen-bond donors (Lipinski definition) is 1. The van der Waals surface area contributed by atoms with Crippen molar-refractivity contribution in [1.29, 1.82) is 0 Å². The maximum Gasteiger partial charge on any atom is 0.420 e. The van der Waals surface area contributed by atoms with Gasteiger partial charge in [-0.15, -0.1) is 0 Å². The van der Waals surface area contributed by atoms with Crippen LogP contribution in [-0.2, 0) is 17.8 Å². The topological polar surface area (TPSA) is 107 Å². The number of nitrogens with one attached hydrogen (secondary N) is 1. The lowest BCUT2D eigenvalue weighted by molar-refractivity contribution is -0.384. The summed E-state index contributed by atoms with van der Waals surface area (Å²) in [6, 6.07) is 11.2. The fourth-order valence-corrected chi connectivity index (χ4v) is 2.53. The number of nitro benzene ring substituents is 1. The average Bonchev–Trinajstić information content (AvgIpc) is 2.89. The van der Waals surface area contributed by atoms with E-state index in [9.17, 15) is 19.7 Å². The van der Waals surface area contributed by atoms with Crippen LogP contribution in [0.2, 0.25) is 0 Å². The Labute approximate surface area is 141 Å². The second kappa shape index (κ2) is 6.60. The van der Waals surface area contributed by atoms with Crippen molar-refractivity contribution in [2.24, 2.45) is 0 Å². The van der Waals surface area contributed by atoms with E-state index in [1.165, 1.54) is 12.1 Å². The quantitative estimate of drug-likeness (QED) is 0.567. The molecular weight excluding hydrogens is 326 g/mol. The van der Waals surface area contributed by atoms with Crippen molar-refractivity contribution in [3.63, 3.8) is 0 Å². The number of carbonyl (C=O) groups is 1. The number of anilines is 1. The molecule has 0 spiro atoms. The van der Waals surface area contributed by atoms with Crippen molar-refractivity contribution >= 4 is 28.4 Å². The van der Waals surface area contributed by atoms with Crippen LogP contribution in [0.3, 0.4) is 0 Å². The number of fused-ring (bicyclic) bond motifs is 1. The minimum atomic E-state index is -0.743. The average molecular weight is 341 g/mol. The number of aromatic nitrogens is 1. The summed E-state index contributed by atoms with van der Waals surface area (Å²) in [6.45, 7) is 1.76. The zero-order chi connectivity index (χ0) is 18.0. The molecule has 1 heterocycles. The third kappa shape index (κ3) is 3.42. The predicted octanol–water partition coefficient (Wildman–Crippen LogP) is 2.70. The number of nitro groups is 1. The van der Waals surface area contributed by atoms with Gasteiger partial charge in [-0.1, -0.05) is 19.1 Å². The summed E-state index contributed by atoms with van der Waals surface area (Å²) >= 11 is 0. The normalized spacial score (nSPS) is 10.8. The lowest BCUT2D eigenvalue weighted by Crippen LogP contribution is -2.24. The maximum absolute atomic E-state index is 12.2. The molecule has 128 valence electrons. The second-order valence-electron chi connectivity index (χ2n) is 5.47. The highest BCUT2D eigenvalue weighted by atomic mass is 16.6. The van der Waals surface area contributed by atoms with E-state index in [4.69, 9.17) is 4.42 Å². The van der Waals surface area contributed by atoms with E-state index in [1.807, 2.05) is 25.1 Å². The molecule has 0 saturated heterocycles. The molecule has 8 heteroatoms. The summed E-state index contributed by atoms with van der Waals surface area (Å²) in [5.74, 6) is -1.13. The van der Waals surface area contributed by atoms with Gasteiger partial charge in [0.15, 0.2) is 5.58 Å². The Morgan fingerprint density at radius 3 is 2.80 bits per heavy atom. The monoisotopic (exact) mass is 341 g/mol. The predicted molar refractivity (Wildman–Crippen MR) is 91.6 cm³/mol. The second-order valence-corrected chi connectivity index (χ2v) is 5.47.